The topological polar surface area (TPSA) is 83.8 Å². The van der Waals surface area contributed by atoms with Crippen LogP contribution >= 0.6 is 0 Å². The fraction of sp³-hybridized carbons (Fsp3) is 0.379. The van der Waals surface area contributed by atoms with E-state index in [9.17, 15) is 8.42 Å². The summed E-state index contributed by atoms with van der Waals surface area (Å²) in [5.41, 5.74) is 2.63. The van der Waals surface area contributed by atoms with Crippen LogP contribution in [0.3, 0.4) is 0 Å². The Balaban J connectivity index is 1.50. The fourth-order valence-electron chi connectivity index (χ4n) is 5.28. The van der Waals surface area contributed by atoms with Crippen LogP contribution in [-0.4, -0.2) is 43.4 Å². The van der Waals surface area contributed by atoms with E-state index < -0.39 is 21.4 Å². The lowest BCUT2D eigenvalue weighted by molar-refractivity contribution is 0.162. The highest BCUT2D eigenvalue weighted by atomic mass is 32.2. The number of methoxy groups -OCH3 is 2. The summed E-state index contributed by atoms with van der Waals surface area (Å²) in [7, 11) is -0.697. The Kier molecular flexibility index (Phi) is 7.95. The van der Waals surface area contributed by atoms with Crippen LogP contribution in [0.15, 0.2) is 89.2 Å². The lowest BCUT2D eigenvalue weighted by Crippen LogP contribution is -2.43. The van der Waals surface area contributed by atoms with Gasteiger partial charge < -0.3 is 9.47 Å². The van der Waals surface area contributed by atoms with Gasteiger partial charge in [0, 0.05) is 19.1 Å². The van der Waals surface area contributed by atoms with Crippen molar-refractivity contribution in [1.29, 1.82) is 0 Å². The van der Waals surface area contributed by atoms with E-state index in [2.05, 4.69) is 10.3 Å². The Bertz CT molecular complexity index is 1280. The molecule has 1 aliphatic carbocycles. The molecule has 5 rings (SSSR count). The first-order valence-electron chi connectivity index (χ1n) is 13.0. The number of hydrogen-bond donors (Lipinski definition) is 0. The van der Waals surface area contributed by atoms with Gasteiger partial charge in [0.25, 0.3) is 0 Å². The molecule has 0 amide bonds. The van der Waals surface area contributed by atoms with Crippen LogP contribution in [0, 0.1) is 0 Å². The van der Waals surface area contributed by atoms with Crippen LogP contribution in [0.25, 0.3) is 0 Å². The first kappa shape index (κ1) is 26.2. The molecule has 2 atom stereocenters. The molecule has 2 aliphatic rings. The number of sulfonamides is 1. The Morgan fingerprint density at radius 1 is 0.816 bits per heavy atom. The first-order chi connectivity index (χ1) is 18.5. The molecule has 38 heavy (non-hydrogen) atoms. The molecule has 1 aliphatic heterocycles. The van der Waals surface area contributed by atoms with E-state index in [-0.39, 0.29) is 19.1 Å². The maximum Gasteiger partial charge on any atom is 0.242 e. The third kappa shape index (κ3) is 5.54. The number of ether oxygens (including phenoxy) is 2. The molecule has 0 bridgehead atoms. The van der Waals surface area contributed by atoms with Crippen LogP contribution in [-0.2, 0) is 23.1 Å². The molecule has 1 heterocycles. The maximum atomic E-state index is 14.4. The molecule has 0 unspecified atom stereocenters. The third-order valence-electron chi connectivity index (χ3n) is 7.36. The van der Waals surface area contributed by atoms with Crippen molar-refractivity contribution in [3.8, 4) is 11.5 Å². The first-order valence-corrected chi connectivity index (χ1v) is 14.5. The maximum absolute atomic E-state index is 14.4. The molecule has 200 valence electrons. The summed E-state index contributed by atoms with van der Waals surface area (Å²) in [4.78, 5) is 0. The summed E-state index contributed by atoms with van der Waals surface area (Å²) in [5, 5.41) is 9.82. The molecule has 8 nitrogen and oxygen atoms in total. The highest BCUT2D eigenvalue weighted by Gasteiger charge is 2.47. The van der Waals surface area contributed by atoms with E-state index in [1.165, 1.54) is 4.31 Å². The normalized spacial score (nSPS) is 19.8. The van der Waals surface area contributed by atoms with Crippen molar-refractivity contribution in [1.82, 2.24) is 9.31 Å². The highest BCUT2D eigenvalue weighted by Crippen LogP contribution is 2.41. The predicted octanol–water partition coefficient (Wildman–Crippen LogP) is 5.73. The van der Waals surface area contributed by atoms with Gasteiger partial charge in [0.1, 0.15) is 17.5 Å². The minimum atomic E-state index is -3.92. The van der Waals surface area contributed by atoms with Crippen molar-refractivity contribution in [2.75, 3.05) is 14.2 Å². The van der Waals surface area contributed by atoms with Crippen molar-refractivity contribution in [2.24, 2.45) is 10.3 Å². The van der Waals surface area contributed by atoms with E-state index in [1.54, 1.807) is 14.2 Å². The molecule has 0 aromatic heterocycles. The van der Waals surface area contributed by atoms with Gasteiger partial charge in [-0.2, -0.15) is 4.31 Å². The Labute approximate surface area is 224 Å². The minimum absolute atomic E-state index is 0.195. The lowest BCUT2D eigenvalue weighted by Gasteiger charge is -2.32. The zero-order valence-corrected chi connectivity index (χ0v) is 22.6. The van der Waals surface area contributed by atoms with Crippen LogP contribution in [0.2, 0.25) is 0 Å². The van der Waals surface area contributed by atoms with Gasteiger partial charge >= 0.3 is 0 Å². The lowest BCUT2D eigenvalue weighted by atomic mass is 10.0. The largest absolute Gasteiger partial charge is 0.497 e. The summed E-state index contributed by atoms with van der Waals surface area (Å²) in [6.07, 6.45) is 4.24. The molecule has 1 saturated carbocycles. The second-order valence-corrected chi connectivity index (χ2v) is 11.8. The molecule has 0 radical (unpaired) electrons. The average Bonchev–Trinajstić information content (AvgIpc) is 3.65. The van der Waals surface area contributed by atoms with E-state index in [0.29, 0.717) is 0 Å². The van der Waals surface area contributed by atoms with Crippen molar-refractivity contribution in [3.05, 3.63) is 95.6 Å². The van der Waals surface area contributed by atoms with Crippen molar-refractivity contribution in [3.63, 3.8) is 0 Å². The minimum Gasteiger partial charge on any atom is -0.497 e. The van der Waals surface area contributed by atoms with E-state index >= 15 is 0 Å². The molecular weight excluding hydrogens is 500 g/mol. The molecule has 0 spiro atoms. The molecule has 9 heteroatoms. The zero-order chi connectivity index (χ0) is 26.5. The summed E-state index contributed by atoms with van der Waals surface area (Å²) < 4.78 is 41.0. The van der Waals surface area contributed by atoms with Gasteiger partial charge in [0.15, 0.2) is 0 Å². The fourth-order valence-corrected chi connectivity index (χ4v) is 7.01. The van der Waals surface area contributed by atoms with Crippen LogP contribution in [0.5, 0.6) is 11.5 Å². The number of hydrogen-bond acceptors (Lipinski definition) is 7. The zero-order valence-electron chi connectivity index (χ0n) is 21.8. The Morgan fingerprint density at radius 2 is 1.34 bits per heavy atom. The monoisotopic (exact) mass is 534 g/mol. The van der Waals surface area contributed by atoms with Crippen molar-refractivity contribution >= 4 is 10.0 Å². The molecule has 0 saturated heterocycles. The standard InChI is InChI=1S/C29H34N4O4S/c1-36-26-16-12-22(13-17-26)20-32(21-23-14-18-27(37-2)19-15-23)38(34,35)29-28(24-8-4-3-5-9-24)33(31-30-29)25-10-6-7-11-25/h3-5,8-9,12-19,25,28-29H,6-7,10-11,20-21H2,1-2H3/t28-,29-/m0/s1. The summed E-state index contributed by atoms with van der Waals surface area (Å²) >= 11 is 0. The average molecular weight is 535 g/mol. The van der Waals surface area contributed by atoms with Gasteiger partial charge in [0.2, 0.25) is 15.4 Å². The molecular formula is C29H34N4O4S. The van der Waals surface area contributed by atoms with Crippen LogP contribution < -0.4 is 9.47 Å². The van der Waals surface area contributed by atoms with Crippen LogP contribution in [0.1, 0.15) is 48.4 Å². The molecule has 3 aromatic carbocycles. The second kappa shape index (κ2) is 11.5. The number of benzene rings is 3. The van der Waals surface area contributed by atoms with E-state index in [1.807, 2.05) is 83.9 Å². The van der Waals surface area contributed by atoms with Crippen LogP contribution in [0.4, 0.5) is 0 Å². The number of rotatable bonds is 10. The van der Waals surface area contributed by atoms with E-state index in [0.717, 1.165) is 53.9 Å². The molecule has 1 fully saturated rings. The van der Waals surface area contributed by atoms with Gasteiger partial charge in [-0.3, -0.25) is 5.01 Å². The Hall–Kier alpha value is -3.43. The predicted molar refractivity (Wildman–Crippen MR) is 146 cm³/mol. The summed E-state index contributed by atoms with van der Waals surface area (Å²) in [6, 6.07) is 24.4. The highest BCUT2D eigenvalue weighted by molar-refractivity contribution is 7.89. The Morgan fingerprint density at radius 3 is 1.84 bits per heavy atom. The smallest absolute Gasteiger partial charge is 0.242 e. The second-order valence-electron chi connectivity index (χ2n) is 9.78. The van der Waals surface area contributed by atoms with E-state index in [4.69, 9.17) is 9.47 Å². The van der Waals surface area contributed by atoms with Gasteiger partial charge in [-0.05, 0) is 53.8 Å². The molecule has 0 N–H and O–H groups in total. The number of nitrogens with zero attached hydrogens (tertiary/aromatic N) is 4. The van der Waals surface area contributed by atoms with Crippen molar-refractivity contribution in [2.45, 2.75) is 56.2 Å². The third-order valence-corrected chi connectivity index (χ3v) is 9.31. The van der Waals surface area contributed by atoms with Gasteiger partial charge in [-0.15, -0.1) is 5.11 Å². The van der Waals surface area contributed by atoms with Gasteiger partial charge in [-0.1, -0.05) is 72.7 Å². The quantitative estimate of drug-likeness (QED) is 0.332. The van der Waals surface area contributed by atoms with Gasteiger partial charge in [0.05, 0.1) is 14.2 Å². The summed E-state index contributed by atoms with van der Waals surface area (Å²) in [5.74, 6) is 1.44. The van der Waals surface area contributed by atoms with Gasteiger partial charge in [-0.25, -0.2) is 8.42 Å². The SMILES string of the molecule is COc1ccc(CN(Cc2ccc(OC)cc2)S(=O)(=O)[C@@H]2N=NN(C3CCCC3)[C@H]2c2ccccc2)cc1. The summed E-state index contributed by atoms with van der Waals surface area (Å²) in [6.45, 7) is 0.407. The molecule has 3 aromatic rings. The van der Waals surface area contributed by atoms with Crippen molar-refractivity contribution < 1.29 is 17.9 Å².